The summed E-state index contributed by atoms with van der Waals surface area (Å²) in [7, 11) is 0. The molecule has 1 aliphatic rings. The minimum absolute atomic E-state index is 0.115. The first-order valence-corrected chi connectivity index (χ1v) is 11.4. The predicted octanol–water partition coefficient (Wildman–Crippen LogP) is 3.78. The molecule has 1 saturated carbocycles. The largest absolute Gasteiger partial charge is 0.390 e. The molecule has 5 nitrogen and oxygen atoms in total. The quantitative estimate of drug-likeness (QED) is 0.457. The predicted molar refractivity (Wildman–Crippen MR) is 120 cm³/mol. The Balaban J connectivity index is 1.45. The van der Waals surface area contributed by atoms with Crippen molar-refractivity contribution < 1.29 is 18.7 Å². The van der Waals surface area contributed by atoms with E-state index >= 15 is 0 Å². The monoisotopic (exact) mass is 457 g/mol. The second-order valence-corrected chi connectivity index (χ2v) is 9.13. The lowest BCUT2D eigenvalue weighted by molar-refractivity contribution is -0.120. The van der Waals surface area contributed by atoms with Crippen molar-refractivity contribution in [3.8, 4) is 10.6 Å². The Morgan fingerprint density at radius 1 is 1.22 bits per heavy atom. The highest BCUT2D eigenvalue weighted by molar-refractivity contribution is 7.13. The SMILES string of the molecule is CC(=O)NC(Cc1cc(F)cc(F)c1)C(O)CNC1(c2cccc(-c3nccs3)c2)CC1. The van der Waals surface area contributed by atoms with Crippen LogP contribution in [0.1, 0.15) is 30.9 Å². The second-order valence-electron chi connectivity index (χ2n) is 8.24. The number of aliphatic hydroxyl groups is 1. The maximum absolute atomic E-state index is 13.6. The van der Waals surface area contributed by atoms with Crippen molar-refractivity contribution in [3.05, 3.63) is 76.8 Å². The van der Waals surface area contributed by atoms with Crippen molar-refractivity contribution >= 4 is 17.2 Å². The number of nitrogens with one attached hydrogen (secondary N) is 2. The molecule has 3 aromatic rings. The first kappa shape index (κ1) is 22.5. The van der Waals surface area contributed by atoms with Gasteiger partial charge >= 0.3 is 0 Å². The maximum Gasteiger partial charge on any atom is 0.217 e. The summed E-state index contributed by atoms with van der Waals surface area (Å²) in [5, 5.41) is 19.9. The molecule has 2 atom stereocenters. The molecular formula is C24H25F2N3O2S. The summed E-state index contributed by atoms with van der Waals surface area (Å²) >= 11 is 1.58. The van der Waals surface area contributed by atoms with E-state index in [9.17, 15) is 18.7 Å². The Labute approximate surface area is 189 Å². The van der Waals surface area contributed by atoms with Crippen molar-refractivity contribution in [2.45, 2.75) is 43.9 Å². The van der Waals surface area contributed by atoms with E-state index < -0.39 is 23.8 Å². The lowest BCUT2D eigenvalue weighted by Crippen LogP contribution is -2.49. The van der Waals surface area contributed by atoms with E-state index in [4.69, 9.17) is 0 Å². The van der Waals surface area contributed by atoms with Gasteiger partial charge < -0.3 is 15.7 Å². The van der Waals surface area contributed by atoms with Gasteiger partial charge in [-0.05, 0) is 48.6 Å². The van der Waals surface area contributed by atoms with Gasteiger partial charge in [0, 0.05) is 42.2 Å². The number of nitrogens with zero attached hydrogens (tertiary/aromatic N) is 1. The van der Waals surface area contributed by atoms with Crippen LogP contribution in [0.25, 0.3) is 10.6 Å². The number of thiazole rings is 1. The number of aromatic nitrogens is 1. The minimum atomic E-state index is -0.940. The lowest BCUT2D eigenvalue weighted by Gasteiger charge is -2.27. The highest BCUT2D eigenvalue weighted by atomic mass is 32.1. The minimum Gasteiger partial charge on any atom is -0.390 e. The van der Waals surface area contributed by atoms with Gasteiger partial charge in [-0.25, -0.2) is 13.8 Å². The molecule has 1 amide bonds. The van der Waals surface area contributed by atoms with Crippen LogP contribution in [0.5, 0.6) is 0 Å². The fourth-order valence-corrected chi connectivity index (χ4v) is 4.61. The molecule has 0 saturated heterocycles. The molecule has 1 aliphatic carbocycles. The number of carbonyl (C=O) groups excluding carboxylic acids is 1. The molecule has 0 spiro atoms. The summed E-state index contributed by atoms with van der Waals surface area (Å²) in [5.74, 6) is -1.69. The van der Waals surface area contributed by atoms with E-state index in [1.807, 2.05) is 17.5 Å². The zero-order chi connectivity index (χ0) is 22.7. The van der Waals surface area contributed by atoms with E-state index in [0.29, 0.717) is 5.56 Å². The molecule has 0 bridgehead atoms. The number of hydrogen-bond donors (Lipinski definition) is 3. The third-order valence-electron chi connectivity index (χ3n) is 5.73. The molecule has 0 aliphatic heterocycles. The van der Waals surface area contributed by atoms with Crippen LogP contribution in [0, 0.1) is 11.6 Å². The third kappa shape index (κ3) is 5.38. The summed E-state index contributed by atoms with van der Waals surface area (Å²) in [5.41, 5.74) is 2.31. The van der Waals surface area contributed by atoms with E-state index in [1.54, 1.807) is 17.5 Å². The molecule has 4 rings (SSSR count). The van der Waals surface area contributed by atoms with Gasteiger partial charge in [-0.2, -0.15) is 0 Å². The van der Waals surface area contributed by atoms with Crippen molar-refractivity contribution in [1.82, 2.24) is 15.6 Å². The smallest absolute Gasteiger partial charge is 0.217 e. The van der Waals surface area contributed by atoms with Gasteiger partial charge in [0.1, 0.15) is 16.6 Å². The van der Waals surface area contributed by atoms with Gasteiger partial charge in [0.05, 0.1) is 12.1 Å². The second kappa shape index (κ2) is 9.44. The number of halogens is 2. The van der Waals surface area contributed by atoms with Gasteiger partial charge in [-0.3, -0.25) is 4.79 Å². The van der Waals surface area contributed by atoms with Crippen molar-refractivity contribution in [2.24, 2.45) is 0 Å². The Morgan fingerprint density at radius 3 is 2.59 bits per heavy atom. The summed E-state index contributed by atoms with van der Waals surface area (Å²) in [6, 6.07) is 10.7. The fourth-order valence-electron chi connectivity index (χ4n) is 3.98. The number of carbonyl (C=O) groups is 1. The van der Waals surface area contributed by atoms with Crippen LogP contribution in [-0.4, -0.2) is 34.7 Å². The highest BCUT2D eigenvalue weighted by Crippen LogP contribution is 2.46. The molecule has 0 radical (unpaired) electrons. The molecule has 8 heteroatoms. The molecule has 168 valence electrons. The van der Waals surface area contributed by atoms with E-state index in [2.05, 4.69) is 27.8 Å². The van der Waals surface area contributed by atoms with Crippen LogP contribution >= 0.6 is 11.3 Å². The number of amides is 1. The third-order valence-corrected chi connectivity index (χ3v) is 6.55. The van der Waals surface area contributed by atoms with Gasteiger partial charge in [0.15, 0.2) is 0 Å². The van der Waals surface area contributed by atoms with Gasteiger partial charge in [-0.1, -0.05) is 18.2 Å². The Hall–Kier alpha value is -2.68. The highest BCUT2D eigenvalue weighted by Gasteiger charge is 2.44. The summed E-state index contributed by atoms with van der Waals surface area (Å²) < 4.78 is 27.1. The van der Waals surface area contributed by atoms with Gasteiger partial charge in [-0.15, -0.1) is 11.3 Å². The first-order valence-electron chi connectivity index (χ1n) is 10.5. The molecule has 1 heterocycles. The Bertz CT molecular complexity index is 1070. The zero-order valence-electron chi connectivity index (χ0n) is 17.6. The molecule has 32 heavy (non-hydrogen) atoms. The summed E-state index contributed by atoms with van der Waals surface area (Å²) in [6.45, 7) is 1.58. The normalized spacial score (nSPS) is 16.4. The fraction of sp³-hybridized carbons (Fsp3) is 0.333. The molecule has 2 unspecified atom stereocenters. The Morgan fingerprint density at radius 2 is 1.97 bits per heavy atom. The molecule has 1 fully saturated rings. The van der Waals surface area contributed by atoms with Crippen LogP contribution in [0.2, 0.25) is 0 Å². The number of benzene rings is 2. The number of hydrogen-bond acceptors (Lipinski definition) is 5. The van der Waals surface area contributed by atoms with Gasteiger partial charge in [0.2, 0.25) is 5.91 Å². The molecule has 1 aromatic heterocycles. The maximum atomic E-state index is 13.6. The van der Waals surface area contributed by atoms with Crippen LogP contribution < -0.4 is 10.6 Å². The lowest BCUT2D eigenvalue weighted by atomic mass is 9.98. The zero-order valence-corrected chi connectivity index (χ0v) is 18.5. The van der Waals surface area contributed by atoms with Crippen molar-refractivity contribution in [2.75, 3.05) is 6.54 Å². The molecule has 2 aromatic carbocycles. The van der Waals surface area contributed by atoms with E-state index in [0.717, 1.165) is 35.0 Å². The average molecular weight is 458 g/mol. The van der Waals surface area contributed by atoms with Crippen molar-refractivity contribution in [3.63, 3.8) is 0 Å². The average Bonchev–Trinajstić information content (AvgIpc) is 3.33. The Kier molecular flexibility index (Phi) is 6.64. The van der Waals surface area contributed by atoms with Crippen LogP contribution in [0.4, 0.5) is 8.78 Å². The molecular weight excluding hydrogens is 432 g/mol. The van der Waals surface area contributed by atoms with E-state index in [1.165, 1.54) is 19.1 Å². The first-order chi connectivity index (χ1) is 15.3. The van der Waals surface area contributed by atoms with Crippen LogP contribution in [0.15, 0.2) is 54.0 Å². The standard InChI is InChI=1S/C24H25F2N3O2S/c1-15(30)29-21(11-16-9-19(25)13-20(26)10-16)22(31)14-28-24(5-6-24)18-4-2-3-17(12-18)23-27-7-8-32-23/h2-4,7-10,12-13,21-22,28,31H,5-6,11,14H2,1H3,(H,29,30). The van der Waals surface area contributed by atoms with Gasteiger partial charge in [0.25, 0.3) is 0 Å². The van der Waals surface area contributed by atoms with E-state index in [-0.39, 0.29) is 24.4 Å². The van der Waals surface area contributed by atoms with Crippen LogP contribution in [-0.2, 0) is 16.8 Å². The summed E-state index contributed by atoms with van der Waals surface area (Å²) in [4.78, 5) is 16.0. The van der Waals surface area contributed by atoms with Crippen molar-refractivity contribution in [1.29, 1.82) is 0 Å². The number of rotatable bonds is 9. The van der Waals surface area contributed by atoms with Crippen LogP contribution in [0.3, 0.4) is 0 Å². The summed E-state index contributed by atoms with van der Waals surface area (Å²) in [6.07, 6.45) is 2.82. The molecule has 3 N–H and O–H groups in total. The topological polar surface area (TPSA) is 74.2 Å². The number of aliphatic hydroxyl groups excluding tert-OH is 1.